The Morgan fingerprint density at radius 2 is 2.21 bits per heavy atom. The Balaban J connectivity index is 2.19. The summed E-state index contributed by atoms with van der Waals surface area (Å²) in [5.41, 5.74) is 2.75. The number of nitrogens with one attached hydrogen (secondary N) is 1. The Bertz CT molecular complexity index is 394. The second-order valence-electron chi connectivity index (χ2n) is 5.44. The third-order valence-corrected chi connectivity index (χ3v) is 4.20. The molecule has 2 unspecified atom stereocenters. The molecule has 1 heterocycles. The van der Waals surface area contributed by atoms with E-state index in [0.29, 0.717) is 12.0 Å². The van der Waals surface area contributed by atoms with Crippen LogP contribution in [0.15, 0.2) is 24.3 Å². The van der Waals surface area contributed by atoms with Gasteiger partial charge in [0.15, 0.2) is 0 Å². The van der Waals surface area contributed by atoms with Gasteiger partial charge in [-0.1, -0.05) is 38.5 Å². The quantitative estimate of drug-likeness (QED) is 0.883. The van der Waals surface area contributed by atoms with E-state index < -0.39 is 0 Å². The van der Waals surface area contributed by atoms with E-state index in [1.807, 2.05) is 0 Å². The number of nitrogens with zero attached hydrogens (tertiary/aromatic N) is 1. The number of rotatable bonds is 5. The van der Waals surface area contributed by atoms with Gasteiger partial charge in [0.05, 0.1) is 6.61 Å². The van der Waals surface area contributed by atoms with E-state index >= 15 is 0 Å². The van der Waals surface area contributed by atoms with Crippen LogP contribution in [0, 0.1) is 5.92 Å². The highest BCUT2D eigenvalue weighted by atomic mass is 16.5. The second-order valence-corrected chi connectivity index (χ2v) is 5.44. The first-order valence-electron chi connectivity index (χ1n) is 7.31. The van der Waals surface area contributed by atoms with E-state index in [4.69, 9.17) is 4.74 Å². The van der Waals surface area contributed by atoms with Gasteiger partial charge in [-0.05, 0) is 17.5 Å². The van der Waals surface area contributed by atoms with E-state index in [-0.39, 0.29) is 0 Å². The predicted molar refractivity (Wildman–Crippen MR) is 80.6 cm³/mol. The molecule has 0 fully saturated rings. The van der Waals surface area contributed by atoms with Gasteiger partial charge in [0.2, 0.25) is 0 Å². The van der Waals surface area contributed by atoms with Crippen LogP contribution in [0.1, 0.15) is 25.8 Å². The molecule has 3 nitrogen and oxygen atoms in total. The summed E-state index contributed by atoms with van der Waals surface area (Å²) in [6.45, 7) is 8.37. The molecule has 1 aliphatic heterocycles. The van der Waals surface area contributed by atoms with Gasteiger partial charge in [0, 0.05) is 38.5 Å². The lowest BCUT2D eigenvalue weighted by Gasteiger charge is -2.30. The lowest BCUT2D eigenvalue weighted by atomic mass is 9.99. The molecular formula is C16H26N2O. The fourth-order valence-electron chi connectivity index (χ4n) is 2.69. The van der Waals surface area contributed by atoms with Crippen LogP contribution in [-0.2, 0) is 11.3 Å². The van der Waals surface area contributed by atoms with Crippen molar-refractivity contribution in [1.82, 2.24) is 5.32 Å². The molecule has 19 heavy (non-hydrogen) atoms. The van der Waals surface area contributed by atoms with E-state index in [1.54, 1.807) is 7.11 Å². The summed E-state index contributed by atoms with van der Waals surface area (Å²) in [4.78, 5) is 2.47. The maximum Gasteiger partial charge on any atom is 0.0637 e. The molecule has 1 aliphatic rings. The Morgan fingerprint density at radius 3 is 2.95 bits per heavy atom. The van der Waals surface area contributed by atoms with Crippen LogP contribution < -0.4 is 10.2 Å². The van der Waals surface area contributed by atoms with Gasteiger partial charge in [-0.2, -0.15) is 0 Å². The normalized spacial score (nSPS) is 20.8. The Morgan fingerprint density at radius 1 is 1.42 bits per heavy atom. The van der Waals surface area contributed by atoms with Gasteiger partial charge in [-0.25, -0.2) is 0 Å². The molecule has 0 saturated carbocycles. The number of hydrogen-bond donors (Lipinski definition) is 1. The van der Waals surface area contributed by atoms with Crippen molar-refractivity contribution in [2.75, 3.05) is 31.7 Å². The van der Waals surface area contributed by atoms with Gasteiger partial charge < -0.3 is 15.0 Å². The molecule has 0 bridgehead atoms. The van der Waals surface area contributed by atoms with E-state index in [9.17, 15) is 0 Å². The van der Waals surface area contributed by atoms with Crippen LogP contribution in [0.4, 0.5) is 5.69 Å². The number of ether oxygens (including phenoxy) is 1. The fourth-order valence-corrected chi connectivity index (χ4v) is 2.69. The number of benzene rings is 1. The topological polar surface area (TPSA) is 24.5 Å². The number of hydrogen-bond acceptors (Lipinski definition) is 3. The maximum atomic E-state index is 5.26. The summed E-state index contributed by atoms with van der Waals surface area (Å²) < 4.78 is 5.26. The van der Waals surface area contributed by atoms with Crippen LogP contribution in [-0.4, -0.2) is 32.8 Å². The molecule has 1 N–H and O–H groups in total. The highest BCUT2D eigenvalue weighted by Gasteiger charge is 2.24. The summed E-state index contributed by atoms with van der Waals surface area (Å²) >= 11 is 0. The van der Waals surface area contributed by atoms with Crippen LogP contribution in [0.3, 0.4) is 0 Å². The van der Waals surface area contributed by atoms with Crippen molar-refractivity contribution in [2.24, 2.45) is 5.92 Å². The molecular weight excluding hydrogens is 236 g/mol. The molecule has 0 aromatic heterocycles. The number of para-hydroxylation sites is 1. The van der Waals surface area contributed by atoms with Gasteiger partial charge in [0.25, 0.3) is 0 Å². The summed E-state index contributed by atoms with van der Waals surface area (Å²) in [7, 11) is 1.77. The van der Waals surface area contributed by atoms with Gasteiger partial charge >= 0.3 is 0 Å². The Labute approximate surface area is 116 Å². The molecule has 2 rings (SSSR count). The smallest absolute Gasteiger partial charge is 0.0637 e. The second kappa shape index (κ2) is 6.92. The first-order chi connectivity index (χ1) is 9.26. The molecule has 0 spiro atoms. The third-order valence-electron chi connectivity index (χ3n) is 4.20. The lowest BCUT2D eigenvalue weighted by Crippen LogP contribution is -2.43. The van der Waals surface area contributed by atoms with Crippen molar-refractivity contribution >= 4 is 5.69 Å². The van der Waals surface area contributed by atoms with Gasteiger partial charge in [-0.3, -0.25) is 0 Å². The van der Waals surface area contributed by atoms with Crippen LogP contribution in [0.5, 0.6) is 0 Å². The Kier molecular flexibility index (Phi) is 5.23. The van der Waals surface area contributed by atoms with Gasteiger partial charge in [0.1, 0.15) is 0 Å². The number of anilines is 1. The molecule has 2 atom stereocenters. The molecule has 1 aromatic rings. The summed E-state index contributed by atoms with van der Waals surface area (Å²) in [5.74, 6) is 0.694. The molecule has 0 radical (unpaired) electrons. The molecule has 1 aromatic carbocycles. The first kappa shape index (κ1) is 14.4. The molecule has 3 heteroatoms. The highest BCUT2D eigenvalue weighted by Crippen LogP contribution is 2.25. The molecule has 0 saturated heterocycles. The van der Waals surface area contributed by atoms with Crippen molar-refractivity contribution in [3.63, 3.8) is 0 Å². The van der Waals surface area contributed by atoms with Crippen LogP contribution in [0.25, 0.3) is 0 Å². The van der Waals surface area contributed by atoms with E-state index in [2.05, 4.69) is 48.3 Å². The fraction of sp³-hybridized carbons (Fsp3) is 0.625. The summed E-state index contributed by atoms with van der Waals surface area (Å²) in [5, 5.41) is 3.71. The zero-order valence-corrected chi connectivity index (χ0v) is 12.4. The number of fused-ring (bicyclic) bond motifs is 1. The largest absolute Gasteiger partial charge is 0.383 e. The third kappa shape index (κ3) is 3.48. The Hall–Kier alpha value is -1.06. The highest BCUT2D eigenvalue weighted by molar-refractivity contribution is 5.54. The molecule has 0 amide bonds. The molecule has 106 valence electrons. The van der Waals surface area contributed by atoms with E-state index in [0.717, 1.165) is 26.2 Å². The maximum absolute atomic E-state index is 5.26. The van der Waals surface area contributed by atoms with Crippen molar-refractivity contribution in [3.05, 3.63) is 29.8 Å². The van der Waals surface area contributed by atoms with Gasteiger partial charge in [-0.15, -0.1) is 0 Å². The van der Waals surface area contributed by atoms with Crippen molar-refractivity contribution in [2.45, 2.75) is 32.9 Å². The average molecular weight is 262 g/mol. The monoisotopic (exact) mass is 262 g/mol. The predicted octanol–water partition coefficient (Wildman–Crippen LogP) is 2.66. The standard InChI is InChI=1S/C16H26N2O/c1-4-13(2)15-12-18(9-10-19-3)16-8-6-5-7-14(16)11-17-15/h5-8,13,15,17H,4,9-12H2,1-3H3. The zero-order valence-electron chi connectivity index (χ0n) is 12.4. The first-order valence-corrected chi connectivity index (χ1v) is 7.31. The van der Waals surface area contributed by atoms with Crippen molar-refractivity contribution < 1.29 is 4.74 Å². The number of methoxy groups -OCH3 is 1. The zero-order chi connectivity index (χ0) is 13.7. The minimum atomic E-state index is 0.550. The molecule has 0 aliphatic carbocycles. The van der Waals surface area contributed by atoms with Crippen LogP contribution in [0.2, 0.25) is 0 Å². The summed E-state index contributed by atoms with van der Waals surface area (Å²) in [6, 6.07) is 9.25. The SMILES string of the molecule is CCC(C)C1CN(CCOC)c2ccccc2CN1. The van der Waals surface area contributed by atoms with Crippen molar-refractivity contribution in [3.8, 4) is 0 Å². The van der Waals surface area contributed by atoms with Crippen LogP contribution >= 0.6 is 0 Å². The average Bonchev–Trinajstić information content (AvgIpc) is 2.64. The minimum absolute atomic E-state index is 0.550. The summed E-state index contributed by atoms with van der Waals surface area (Å²) in [6.07, 6.45) is 1.21. The van der Waals surface area contributed by atoms with E-state index in [1.165, 1.54) is 17.7 Å². The van der Waals surface area contributed by atoms with Crippen molar-refractivity contribution in [1.29, 1.82) is 0 Å². The lowest BCUT2D eigenvalue weighted by molar-refractivity contribution is 0.204. The minimum Gasteiger partial charge on any atom is -0.383 e.